The minimum absolute atomic E-state index is 0.134. The van der Waals surface area contributed by atoms with E-state index in [9.17, 15) is 13.2 Å². The number of thiazole rings is 1. The van der Waals surface area contributed by atoms with Gasteiger partial charge in [-0.2, -0.15) is 4.31 Å². The van der Waals surface area contributed by atoms with Crippen molar-refractivity contribution in [2.24, 2.45) is 5.92 Å². The van der Waals surface area contributed by atoms with Crippen LogP contribution in [0.2, 0.25) is 5.02 Å². The summed E-state index contributed by atoms with van der Waals surface area (Å²) in [6.45, 7) is 2.55. The van der Waals surface area contributed by atoms with Crippen LogP contribution in [0, 0.1) is 12.8 Å². The molecule has 2 heterocycles. The summed E-state index contributed by atoms with van der Waals surface area (Å²) in [4.78, 5) is 17.5. The summed E-state index contributed by atoms with van der Waals surface area (Å²) in [5, 5.41) is 5.80. The summed E-state index contributed by atoms with van der Waals surface area (Å²) < 4.78 is 32.4. The molecular formula is C23H24ClN3O4S2. The van der Waals surface area contributed by atoms with Crippen LogP contribution in [0.5, 0.6) is 5.75 Å². The molecule has 1 saturated heterocycles. The van der Waals surface area contributed by atoms with E-state index in [4.69, 9.17) is 16.3 Å². The molecule has 0 radical (unpaired) electrons. The Balaban J connectivity index is 1.36. The summed E-state index contributed by atoms with van der Waals surface area (Å²) in [7, 11) is -1.96. The minimum Gasteiger partial charge on any atom is -0.496 e. The van der Waals surface area contributed by atoms with Gasteiger partial charge in [0, 0.05) is 35.0 Å². The van der Waals surface area contributed by atoms with Crippen molar-refractivity contribution < 1.29 is 17.9 Å². The average molecular weight is 506 g/mol. The normalized spacial score (nSPS) is 15.4. The number of aryl methyl sites for hydroxylation is 1. The standard InChI is InChI=1S/C23H24ClN3O4S2/c1-15-13-17(3-8-21(15)31-2)20-14-32-23(25-20)26-22(28)16-9-11-27(12-10-16)33(29,30)19-6-4-18(24)5-7-19/h3-8,13-14,16H,9-12H2,1-2H3,(H,25,26,28). The van der Waals surface area contributed by atoms with Crippen molar-refractivity contribution in [2.75, 3.05) is 25.5 Å². The van der Waals surface area contributed by atoms with E-state index in [0.29, 0.717) is 23.0 Å². The molecule has 1 N–H and O–H groups in total. The van der Waals surface area contributed by atoms with Crippen LogP contribution in [0.25, 0.3) is 11.3 Å². The Morgan fingerprint density at radius 3 is 2.52 bits per heavy atom. The van der Waals surface area contributed by atoms with Crippen molar-refractivity contribution in [3.8, 4) is 17.0 Å². The molecule has 4 rings (SSSR count). The molecule has 1 fully saturated rings. The zero-order valence-electron chi connectivity index (χ0n) is 18.2. The third-order valence-electron chi connectivity index (χ3n) is 5.70. The van der Waals surface area contributed by atoms with Gasteiger partial charge in [0.2, 0.25) is 15.9 Å². The van der Waals surface area contributed by atoms with Crippen LogP contribution in [0.4, 0.5) is 5.13 Å². The molecule has 1 aliphatic heterocycles. The number of amides is 1. The number of anilines is 1. The summed E-state index contributed by atoms with van der Waals surface area (Å²) in [5.74, 6) is 0.412. The molecule has 0 unspecified atom stereocenters. The molecule has 1 aromatic heterocycles. The molecule has 174 valence electrons. The van der Waals surface area contributed by atoms with Gasteiger partial charge in [0.05, 0.1) is 17.7 Å². The number of carbonyl (C=O) groups excluding carboxylic acids is 1. The van der Waals surface area contributed by atoms with Gasteiger partial charge in [-0.3, -0.25) is 4.79 Å². The van der Waals surface area contributed by atoms with Gasteiger partial charge in [-0.15, -0.1) is 11.3 Å². The van der Waals surface area contributed by atoms with Crippen molar-refractivity contribution >= 4 is 44.0 Å². The van der Waals surface area contributed by atoms with Gasteiger partial charge >= 0.3 is 0 Å². The predicted molar refractivity (Wildman–Crippen MR) is 130 cm³/mol. The van der Waals surface area contributed by atoms with Crippen LogP contribution < -0.4 is 10.1 Å². The lowest BCUT2D eigenvalue weighted by Crippen LogP contribution is -2.41. The monoisotopic (exact) mass is 505 g/mol. The summed E-state index contributed by atoms with van der Waals surface area (Å²) in [6, 6.07) is 11.9. The molecule has 3 aromatic rings. The Bertz CT molecular complexity index is 1250. The number of methoxy groups -OCH3 is 1. The lowest BCUT2D eigenvalue weighted by Gasteiger charge is -2.30. The molecule has 0 spiro atoms. The first kappa shape index (κ1) is 23.7. The third kappa shape index (κ3) is 5.22. The van der Waals surface area contributed by atoms with Crippen molar-refractivity contribution in [1.82, 2.24) is 9.29 Å². The van der Waals surface area contributed by atoms with Gasteiger partial charge in [0.25, 0.3) is 0 Å². The Hall–Kier alpha value is -2.46. The second-order valence-electron chi connectivity index (χ2n) is 7.84. The Kier molecular flexibility index (Phi) is 7.04. The third-order valence-corrected chi connectivity index (χ3v) is 8.62. The van der Waals surface area contributed by atoms with E-state index in [2.05, 4.69) is 10.3 Å². The van der Waals surface area contributed by atoms with E-state index in [1.54, 1.807) is 19.2 Å². The fraction of sp³-hybridized carbons (Fsp3) is 0.304. The van der Waals surface area contributed by atoms with Gasteiger partial charge in [0.1, 0.15) is 5.75 Å². The number of rotatable bonds is 6. The van der Waals surface area contributed by atoms with Crippen LogP contribution in [-0.4, -0.2) is 43.8 Å². The van der Waals surface area contributed by atoms with E-state index in [-0.39, 0.29) is 29.8 Å². The fourth-order valence-corrected chi connectivity index (χ4v) is 6.14. The van der Waals surface area contributed by atoms with E-state index in [0.717, 1.165) is 22.6 Å². The highest BCUT2D eigenvalue weighted by Gasteiger charge is 2.32. The van der Waals surface area contributed by atoms with E-state index in [1.807, 2.05) is 30.5 Å². The zero-order chi connectivity index (χ0) is 23.6. The number of aromatic nitrogens is 1. The summed E-state index contributed by atoms with van der Waals surface area (Å²) >= 11 is 7.23. The molecular weight excluding hydrogens is 482 g/mol. The Morgan fingerprint density at radius 1 is 1.18 bits per heavy atom. The molecule has 1 amide bonds. The van der Waals surface area contributed by atoms with Crippen molar-refractivity contribution in [1.29, 1.82) is 0 Å². The topological polar surface area (TPSA) is 88.6 Å². The highest BCUT2D eigenvalue weighted by Crippen LogP contribution is 2.30. The molecule has 0 saturated carbocycles. The molecule has 33 heavy (non-hydrogen) atoms. The Morgan fingerprint density at radius 2 is 1.88 bits per heavy atom. The maximum absolute atomic E-state index is 12.8. The number of ether oxygens (including phenoxy) is 1. The van der Waals surface area contributed by atoms with Crippen LogP contribution in [-0.2, 0) is 14.8 Å². The number of halogens is 1. The zero-order valence-corrected chi connectivity index (χ0v) is 20.6. The predicted octanol–water partition coefficient (Wildman–Crippen LogP) is 4.82. The number of nitrogens with zero attached hydrogens (tertiary/aromatic N) is 2. The largest absolute Gasteiger partial charge is 0.496 e. The summed E-state index contributed by atoms with van der Waals surface area (Å²) in [5.41, 5.74) is 2.74. The number of sulfonamides is 1. The number of nitrogens with one attached hydrogen (secondary N) is 1. The second-order valence-corrected chi connectivity index (χ2v) is 11.1. The lowest BCUT2D eigenvalue weighted by molar-refractivity contribution is -0.120. The van der Waals surface area contributed by atoms with Gasteiger partial charge in [-0.1, -0.05) is 11.6 Å². The minimum atomic E-state index is -3.60. The van der Waals surface area contributed by atoms with E-state index >= 15 is 0 Å². The van der Waals surface area contributed by atoms with Crippen molar-refractivity contribution in [2.45, 2.75) is 24.7 Å². The highest BCUT2D eigenvalue weighted by atomic mass is 35.5. The number of hydrogen-bond donors (Lipinski definition) is 1. The molecule has 1 aliphatic rings. The number of benzene rings is 2. The van der Waals surface area contributed by atoms with Gasteiger partial charge in [0.15, 0.2) is 5.13 Å². The second kappa shape index (κ2) is 9.80. The maximum atomic E-state index is 12.8. The Labute approximate surface area is 202 Å². The highest BCUT2D eigenvalue weighted by molar-refractivity contribution is 7.89. The molecule has 0 atom stereocenters. The maximum Gasteiger partial charge on any atom is 0.243 e. The van der Waals surface area contributed by atoms with Crippen molar-refractivity contribution in [3.63, 3.8) is 0 Å². The summed E-state index contributed by atoms with van der Waals surface area (Å²) in [6.07, 6.45) is 0.906. The molecule has 2 aromatic carbocycles. The van der Waals surface area contributed by atoms with Gasteiger partial charge in [-0.05, 0) is 67.8 Å². The van der Waals surface area contributed by atoms with Gasteiger partial charge in [-0.25, -0.2) is 13.4 Å². The molecule has 10 heteroatoms. The lowest BCUT2D eigenvalue weighted by atomic mass is 9.97. The number of hydrogen-bond acceptors (Lipinski definition) is 6. The van der Waals surface area contributed by atoms with Crippen LogP contribution in [0.15, 0.2) is 52.7 Å². The molecule has 7 nitrogen and oxygen atoms in total. The van der Waals surface area contributed by atoms with E-state index < -0.39 is 10.0 Å². The quantitative estimate of drug-likeness (QED) is 0.519. The van der Waals surface area contributed by atoms with Crippen LogP contribution >= 0.6 is 22.9 Å². The van der Waals surface area contributed by atoms with Gasteiger partial charge < -0.3 is 10.1 Å². The first-order valence-corrected chi connectivity index (χ1v) is 13.1. The smallest absolute Gasteiger partial charge is 0.243 e. The van der Waals surface area contributed by atoms with Crippen LogP contribution in [0.3, 0.4) is 0 Å². The first-order chi connectivity index (χ1) is 15.8. The van der Waals surface area contributed by atoms with Crippen LogP contribution in [0.1, 0.15) is 18.4 Å². The van der Waals surface area contributed by atoms with E-state index in [1.165, 1.54) is 27.8 Å². The molecule has 0 aliphatic carbocycles. The van der Waals surface area contributed by atoms with Crippen molar-refractivity contribution in [3.05, 3.63) is 58.4 Å². The SMILES string of the molecule is COc1ccc(-c2csc(NC(=O)C3CCN(S(=O)(=O)c4ccc(Cl)cc4)CC3)n2)cc1C. The first-order valence-electron chi connectivity index (χ1n) is 10.4. The number of carbonyl (C=O) groups is 1. The molecule has 0 bridgehead atoms. The fourth-order valence-electron chi connectivity index (χ4n) is 3.82. The number of piperidine rings is 1. The average Bonchev–Trinajstić information content (AvgIpc) is 3.28.